The Morgan fingerprint density at radius 1 is 1.29 bits per heavy atom. The van der Waals surface area contributed by atoms with Crippen LogP contribution in [0.15, 0.2) is 18.2 Å². The molecule has 1 aliphatic rings. The topological polar surface area (TPSA) is 75.4 Å². The van der Waals surface area contributed by atoms with Crippen molar-refractivity contribution in [2.75, 3.05) is 0 Å². The summed E-state index contributed by atoms with van der Waals surface area (Å²) in [5.41, 5.74) is 6.49. The molecule has 4 N–H and O–H groups in total. The van der Waals surface area contributed by atoms with Crippen LogP contribution < -0.4 is 11.1 Å². The van der Waals surface area contributed by atoms with Crippen molar-refractivity contribution in [3.05, 3.63) is 29.3 Å². The number of nitrogens with one attached hydrogen (secondary N) is 1. The average molecular weight is 306 g/mol. The molecule has 1 saturated carbocycles. The van der Waals surface area contributed by atoms with E-state index in [4.69, 9.17) is 18.0 Å². The molecule has 0 radical (unpaired) electrons. The Morgan fingerprint density at radius 3 is 2.43 bits per heavy atom. The molecule has 0 unspecified atom stereocenters. The molecule has 114 valence electrons. The highest BCUT2D eigenvalue weighted by atomic mass is 32.1. The van der Waals surface area contributed by atoms with Crippen LogP contribution in [0.25, 0.3) is 0 Å². The first-order valence-corrected chi connectivity index (χ1v) is 7.77. The van der Waals surface area contributed by atoms with Crippen molar-refractivity contribution < 1.29 is 9.90 Å². The standard InChI is InChI=1S/C16H22N2O2S/c1-11-6-7-12(10-13(11)19)14(20)18-16(15(17)21)8-4-2-3-5-9-16/h6-7,10,19H,2-5,8-9H2,1H3,(H2,17,21)(H,18,20). The minimum atomic E-state index is -0.594. The Hall–Kier alpha value is -1.62. The predicted molar refractivity (Wildman–Crippen MR) is 87.5 cm³/mol. The second-order valence-corrected chi connectivity index (χ2v) is 6.26. The second kappa shape index (κ2) is 6.43. The Kier molecular flexibility index (Phi) is 4.83. The fourth-order valence-electron chi connectivity index (χ4n) is 2.81. The molecular weight excluding hydrogens is 284 g/mol. The van der Waals surface area contributed by atoms with Gasteiger partial charge in [0.25, 0.3) is 5.91 Å². The SMILES string of the molecule is Cc1ccc(C(=O)NC2(C(N)=S)CCCCCC2)cc1O. The molecule has 1 fully saturated rings. The number of aryl methyl sites for hydroxylation is 1. The van der Waals surface area contributed by atoms with E-state index in [9.17, 15) is 9.90 Å². The van der Waals surface area contributed by atoms with E-state index in [2.05, 4.69) is 5.32 Å². The van der Waals surface area contributed by atoms with Crippen molar-refractivity contribution >= 4 is 23.1 Å². The van der Waals surface area contributed by atoms with Crippen LogP contribution in [0.3, 0.4) is 0 Å². The molecule has 1 aromatic rings. The van der Waals surface area contributed by atoms with Crippen molar-refractivity contribution in [1.29, 1.82) is 0 Å². The van der Waals surface area contributed by atoms with Gasteiger partial charge in [-0.25, -0.2) is 0 Å². The third kappa shape index (κ3) is 3.53. The summed E-state index contributed by atoms with van der Waals surface area (Å²) in [6, 6.07) is 4.91. The monoisotopic (exact) mass is 306 g/mol. The largest absolute Gasteiger partial charge is 0.508 e. The van der Waals surface area contributed by atoms with Crippen LogP contribution in [0.4, 0.5) is 0 Å². The number of hydrogen-bond donors (Lipinski definition) is 3. The maximum Gasteiger partial charge on any atom is 0.252 e. The van der Waals surface area contributed by atoms with Gasteiger partial charge in [-0.2, -0.15) is 0 Å². The second-order valence-electron chi connectivity index (χ2n) is 5.82. The highest BCUT2D eigenvalue weighted by Gasteiger charge is 2.35. The molecule has 4 nitrogen and oxygen atoms in total. The van der Waals surface area contributed by atoms with Crippen molar-refractivity contribution in [3.8, 4) is 5.75 Å². The summed E-state index contributed by atoms with van der Waals surface area (Å²) >= 11 is 5.22. The zero-order valence-electron chi connectivity index (χ0n) is 12.3. The summed E-state index contributed by atoms with van der Waals surface area (Å²) in [7, 11) is 0. The summed E-state index contributed by atoms with van der Waals surface area (Å²) in [6.45, 7) is 1.79. The number of amides is 1. The molecule has 1 aromatic carbocycles. The number of thiocarbonyl (C=S) groups is 1. The number of nitrogens with two attached hydrogens (primary N) is 1. The molecular formula is C16H22N2O2S. The van der Waals surface area contributed by atoms with E-state index in [0.717, 1.165) is 44.1 Å². The summed E-state index contributed by atoms with van der Waals surface area (Å²) in [5.74, 6) is -0.118. The quantitative estimate of drug-likeness (QED) is 0.593. The van der Waals surface area contributed by atoms with E-state index in [0.29, 0.717) is 10.6 Å². The smallest absolute Gasteiger partial charge is 0.252 e. The van der Waals surface area contributed by atoms with E-state index in [1.54, 1.807) is 19.1 Å². The Bertz CT molecular complexity index is 549. The third-order valence-corrected chi connectivity index (χ3v) is 4.64. The van der Waals surface area contributed by atoms with Gasteiger partial charge in [0.05, 0.1) is 10.5 Å². The van der Waals surface area contributed by atoms with E-state index < -0.39 is 5.54 Å². The molecule has 0 aliphatic heterocycles. The van der Waals surface area contributed by atoms with Crippen LogP contribution >= 0.6 is 12.2 Å². The van der Waals surface area contributed by atoms with Crippen LogP contribution in [0.5, 0.6) is 5.75 Å². The number of carbonyl (C=O) groups excluding carboxylic acids is 1. The van der Waals surface area contributed by atoms with Crippen molar-refractivity contribution in [3.63, 3.8) is 0 Å². The maximum atomic E-state index is 12.5. The van der Waals surface area contributed by atoms with Crippen LogP contribution in [-0.4, -0.2) is 21.5 Å². The highest BCUT2D eigenvalue weighted by Crippen LogP contribution is 2.28. The lowest BCUT2D eigenvalue weighted by atomic mass is 9.89. The first-order chi connectivity index (χ1) is 9.94. The maximum absolute atomic E-state index is 12.5. The Morgan fingerprint density at radius 2 is 1.90 bits per heavy atom. The molecule has 1 amide bonds. The van der Waals surface area contributed by atoms with Crippen molar-refractivity contribution in [1.82, 2.24) is 5.32 Å². The lowest BCUT2D eigenvalue weighted by Gasteiger charge is -2.33. The number of phenols is 1. The number of rotatable bonds is 3. The summed E-state index contributed by atoms with van der Waals surface area (Å²) in [4.78, 5) is 12.8. The zero-order chi connectivity index (χ0) is 15.5. The van der Waals surface area contributed by atoms with Crippen LogP contribution in [0.1, 0.15) is 54.4 Å². The van der Waals surface area contributed by atoms with Gasteiger partial charge >= 0.3 is 0 Å². The molecule has 1 aliphatic carbocycles. The van der Waals surface area contributed by atoms with E-state index in [1.165, 1.54) is 6.07 Å². The fourth-order valence-corrected chi connectivity index (χ4v) is 3.06. The lowest BCUT2D eigenvalue weighted by molar-refractivity contribution is 0.0917. The van der Waals surface area contributed by atoms with Gasteiger partial charge in [0.1, 0.15) is 5.75 Å². The van der Waals surface area contributed by atoms with Gasteiger partial charge in [-0.05, 0) is 37.5 Å². The molecule has 2 rings (SSSR count). The van der Waals surface area contributed by atoms with Crippen molar-refractivity contribution in [2.24, 2.45) is 5.73 Å². The van der Waals surface area contributed by atoms with Crippen molar-refractivity contribution in [2.45, 2.75) is 51.0 Å². The van der Waals surface area contributed by atoms with Gasteiger partial charge < -0.3 is 16.2 Å². The van der Waals surface area contributed by atoms with Gasteiger partial charge in [0.15, 0.2) is 0 Å². The van der Waals surface area contributed by atoms with Gasteiger partial charge in [0.2, 0.25) is 0 Å². The minimum Gasteiger partial charge on any atom is -0.508 e. The Balaban J connectivity index is 2.21. The summed E-state index contributed by atoms with van der Waals surface area (Å²) in [5, 5.41) is 12.8. The minimum absolute atomic E-state index is 0.118. The number of carbonyl (C=O) groups is 1. The van der Waals surface area contributed by atoms with Gasteiger partial charge in [-0.3, -0.25) is 4.79 Å². The van der Waals surface area contributed by atoms with E-state index in [1.807, 2.05) is 0 Å². The molecule has 0 spiro atoms. The first kappa shape index (κ1) is 15.8. The van der Waals surface area contributed by atoms with Gasteiger partial charge in [-0.15, -0.1) is 0 Å². The summed E-state index contributed by atoms with van der Waals surface area (Å²) in [6.07, 6.45) is 5.88. The zero-order valence-corrected chi connectivity index (χ0v) is 13.1. The van der Waals surface area contributed by atoms with E-state index in [-0.39, 0.29) is 11.7 Å². The van der Waals surface area contributed by atoms with Crippen LogP contribution in [0.2, 0.25) is 0 Å². The van der Waals surface area contributed by atoms with Gasteiger partial charge in [-0.1, -0.05) is 44.0 Å². The highest BCUT2D eigenvalue weighted by molar-refractivity contribution is 7.80. The summed E-state index contributed by atoms with van der Waals surface area (Å²) < 4.78 is 0. The predicted octanol–water partition coefficient (Wildman–Crippen LogP) is 2.81. The van der Waals surface area contributed by atoms with E-state index >= 15 is 0 Å². The molecule has 0 aromatic heterocycles. The van der Waals surface area contributed by atoms with Crippen LogP contribution in [-0.2, 0) is 0 Å². The van der Waals surface area contributed by atoms with Gasteiger partial charge in [0, 0.05) is 5.56 Å². The lowest BCUT2D eigenvalue weighted by Crippen LogP contribution is -2.56. The molecule has 5 heteroatoms. The molecule has 0 bridgehead atoms. The third-order valence-electron chi connectivity index (χ3n) is 4.25. The number of aromatic hydroxyl groups is 1. The number of phenolic OH excluding ortho intramolecular Hbond substituents is 1. The number of benzene rings is 1. The number of hydrogen-bond acceptors (Lipinski definition) is 3. The molecule has 0 saturated heterocycles. The molecule has 0 heterocycles. The Labute approximate surface area is 130 Å². The van der Waals surface area contributed by atoms with Crippen LogP contribution in [0, 0.1) is 6.92 Å². The first-order valence-electron chi connectivity index (χ1n) is 7.37. The molecule has 21 heavy (non-hydrogen) atoms. The fraction of sp³-hybridized carbons (Fsp3) is 0.500. The molecule has 0 atom stereocenters. The normalized spacial score (nSPS) is 17.8. The average Bonchev–Trinajstić information content (AvgIpc) is 2.68.